The molecule has 2 rings (SSSR count). The van der Waals surface area contributed by atoms with Gasteiger partial charge in [0, 0.05) is 10.2 Å². The van der Waals surface area contributed by atoms with E-state index in [1.165, 1.54) is 0 Å². The lowest BCUT2D eigenvalue weighted by atomic mass is 10.1. The molecule has 0 bridgehead atoms. The van der Waals surface area contributed by atoms with Gasteiger partial charge in [-0.1, -0.05) is 18.2 Å². The summed E-state index contributed by atoms with van der Waals surface area (Å²) in [5, 5.41) is 0. The highest BCUT2D eigenvalue weighted by molar-refractivity contribution is 9.10. The number of hydrogen-bond acceptors (Lipinski definition) is 2. The van der Waals surface area contributed by atoms with E-state index in [1.807, 2.05) is 42.5 Å². The Morgan fingerprint density at radius 3 is 2.50 bits per heavy atom. The number of halogens is 1. The predicted octanol–water partition coefficient (Wildman–Crippen LogP) is 3.71. The summed E-state index contributed by atoms with van der Waals surface area (Å²) < 4.78 is 6.11. The lowest BCUT2D eigenvalue weighted by Gasteiger charge is -2.06. The van der Waals surface area contributed by atoms with Crippen molar-refractivity contribution in [1.29, 1.82) is 0 Å². The van der Waals surface area contributed by atoms with Gasteiger partial charge in [0.15, 0.2) is 0 Å². The highest BCUT2D eigenvalue weighted by Crippen LogP contribution is 2.28. The van der Waals surface area contributed by atoms with Crippen LogP contribution in [0.25, 0.3) is 11.1 Å². The molecule has 0 aliphatic heterocycles. The molecule has 0 atom stereocenters. The summed E-state index contributed by atoms with van der Waals surface area (Å²) in [6, 6.07) is 13.8. The summed E-state index contributed by atoms with van der Waals surface area (Å²) >= 11 is 3.38. The zero-order valence-electron chi connectivity index (χ0n) is 8.91. The Kier molecular flexibility index (Phi) is 3.15. The lowest BCUT2D eigenvalue weighted by Crippen LogP contribution is -1.88. The zero-order chi connectivity index (χ0) is 11.5. The smallest absolute Gasteiger partial charge is 0.119 e. The lowest BCUT2D eigenvalue weighted by molar-refractivity contribution is 0.415. The molecule has 3 heteroatoms. The van der Waals surface area contributed by atoms with Gasteiger partial charge >= 0.3 is 0 Å². The summed E-state index contributed by atoms with van der Waals surface area (Å²) in [5.41, 5.74) is 8.77. The monoisotopic (exact) mass is 277 g/mol. The second kappa shape index (κ2) is 4.58. The minimum Gasteiger partial charge on any atom is -0.497 e. The third-order valence-electron chi connectivity index (χ3n) is 2.40. The molecule has 0 aliphatic carbocycles. The summed E-state index contributed by atoms with van der Waals surface area (Å²) in [6.07, 6.45) is 0. The molecule has 16 heavy (non-hydrogen) atoms. The summed E-state index contributed by atoms with van der Waals surface area (Å²) in [6.45, 7) is 0. The van der Waals surface area contributed by atoms with E-state index in [2.05, 4.69) is 15.9 Å². The Morgan fingerprint density at radius 1 is 1.06 bits per heavy atom. The molecule has 0 heterocycles. The van der Waals surface area contributed by atoms with Crippen LogP contribution in [0.4, 0.5) is 5.69 Å². The fourth-order valence-corrected chi connectivity index (χ4v) is 1.77. The van der Waals surface area contributed by atoms with E-state index in [-0.39, 0.29) is 0 Å². The van der Waals surface area contributed by atoms with Crippen molar-refractivity contribution in [2.24, 2.45) is 0 Å². The number of methoxy groups -OCH3 is 1. The van der Waals surface area contributed by atoms with Crippen LogP contribution in [0.2, 0.25) is 0 Å². The minimum absolute atomic E-state index is 0.736. The number of hydrogen-bond donors (Lipinski definition) is 1. The topological polar surface area (TPSA) is 35.2 Å². The van der Waals surface area contributed by atoms with Crippen molar-refractivity contribution < 1.29 is 4.74 Å². The highest BCUT2D eigenvalue weighted by Gasteiger charge is 2.02. The Balaban J connectivity index is 2.46. The Bertz CT molecular complexity index is 511. The second-order valence-corrected chi connectivity index (χ2v) is 4.32. The van der Waals surface area contributed by atoms with Gasteiger partial charge in [0.1, 0.15) is 5.75 Å². The second-order valence-electron chi connectivity index (χ2n) is 3.47. The van der Waals surface area contributed by atoms with E-state index >= 15 is 0 Å². The van der Waals surface area contributed by atoms with E-state index < -0.39 is 0 Å². The largest absolute Gasteiger partial charge is 0.497 e. The Hall–Kier alpha value is -1.48. The summed E-state index contributed by atoms with van der Waals surface area (Å²) in [5.74, 6) is 0.846. The number of nitrogen functional groups attached to an aromatic ring is 1. The van der Waals surface area contributed by atoms with E-state index in [9.17, 15) is 0 Å². The third-order valence-corrected chi connectivity index (χ3v) is 3.12. The van der Waals surface area contributed by atoms with Gasteiger partial charge in [-0.05, 0) is 51.3 Å². The predicted molar refractivity (Wildman–Crippen MR) is 70.5 cm³/mol. The number of anilines is 1. The number of ether oxygens (including phenoxy) is 1. The average molecular weight is 278 g/mol. The van der Waals surface area contributed by atoms with Crippen molar-refractivity contribution >= 4 is 21.6 Å². The molecular weight excluding hydrogens is 266 g/mol. The van der Waals surface area contributed by atoms with Crippen molar-refractivity contribution in [2.75, 3.05) is 12.8 Å². The minimum atomic E-state index is 0.736. The molecule has 2 aromatic carbocycles. The molecule has 0 fully saturated rings. The number of nitrogens with two attached hydrogens (primary N) is 1. The van der Waals surface area contributed by atoms with Gasteiger partial charge in [0.25, 0.3) is 0 Å². The molecule has 0 radical (unpaired) electrons. The van der Waals surface area contributed by atoms with Crippen molar-refractivity contribution in [3.05, 3.63) is 46.9 Å². The molecule has 82 valence electrons. The van der Waals surface area contributed by atoms with Crippen LogP contribution in [0.15, 0.2) is 46.9 Å². The maximum atomic E-state index is 5.85. The van der Waals surface area contributed by atoms with Crippen LogP contribution in [0.5, 0.6) is 5.75 Å². The zero-order valence-corrected chi connectivity index (χ0v) is 10.5. The van der Waals surface area contributed by atoms with Gasteiger partial charge in [0.2, 0.25) is 0 Å². The summed E-state index contributed by atoms with van der Waals surface area (Å²) in [7, 11) is 1.66. The van der Waals surface area contributed by atoms with Crippen LogP contribution < -0.4 is 10.5 Å². The normalized spacial score (nSPS) is 10.1. The molecule has 0 aromatic heterocycles. The van der Waals surface area contributed by atoms with E-state index in [0.717, 1.165) is 27.0 Å². The van der Waals surface area contributed by atoms with Gasteiger partial charge < -0.3 is 10.5 Å². The van der Waals surface area contributed by atoms with Crippen LogP contribution in [0.1, 0.15) is 0 Å². The van der Waals surface area contributed by atoms with Gasteiger partial charge in [-0.3, -0.25) is 0 Å². The first kappa shape index (κ1) is 11.0. The molecule has 2 N–H and O–H groups in total. The van der Waals surface area contributed by atoms with Gasteiger partial charge in [-0.2, -0.15) is 0 Å². The van der Waals surface area contributed by atoms with Crippen molar-refractivity contribution in [2.45, 2.75) is 0 Å². The van der Waals surface area contributed by atoms with Gasteiger partial charge in [0.05, 0.1) is 7.11 Å². The fraction of sp³-hybridized carbons (Fsp3) is 0.0769. The van der Waals surface area contributed by atoms with Crippen LogP contribution in [0, 0.1) is 0 Å². The number of rotatable bonds is 2. The Labute approximate surface area is 103 Å². The van der Waals surface area contributed by atoms with Crippen LogP contribution in [-0.4, -0.2) is 7.11 Å². The summed E-state index contributed by atoms with van der Waals surface area (Å²) in [4.78, 5) is 0. The van der Waals surface area contributed by atoms with Gasteiger partial charge in [-0.15, -0.1) is 0 Å². The van der Waals surface area contributed by atoms with Crippen molar-refractivity contribution in [1.82, 2.24) is 0 Å². The van der Waals surface area contributed by atoms with Crippen molar-refractivity contribution in [3.63, 3.8) is 0 Å². The quantitative estimate of drug-likeness (QED) is 0.850. The molecule has 2 aromatic rings. The molecule has 0 aliphatic rings. The molecule has 0 saturated carbocycles. The van der Waals surface area contributed by atoms with Gasteiger partial charge in [-0.25, -0.2) is 0 Å². The first-order valence-electron chi connectivity index (χ1n) is 4.90. The maximum Gasteiger partial charge on any atom is 0.119 e. The van der Waals surface area contributed by atoms with Crippen LogP contribution in [-0.2, 0) is 0 Å². The molecule has 0 amide bonds. The molecule has 2 nitrogen and oxygen atoms in total. The molecular formula is C13H12BrNO. The van der Waals surface area contributed by atoms with Crippen molar-refractivity contribution in [3.8, 4) is 16.9 Å². The molecule has 0 unspecified atom stereocenters. The van der Waals surface area contributed by atoms with Crippen LogP contribution in [0.3, 0.4) is 0 Å². The van der Waals surface area contributed by atoms with Crippen LogP contribution >= 0.6 is 15.9 Å². The fourth-order valence-electron chi connectivity index (χ4n) is 1.53. The average Bonchev–Trinajstić information content (AvgIpc) is 2.33. The molecule has 0 spiro atoms. The Morgan fingerprint density at radius 2 is 1.81 bits per heavy atom. The molecule has 0 saturated heterocycles. The van der Waals surface area contributed by atoms with E-state index in [1.54, 1.807) is 7.11 Å². The standard InChI is InChI=1S/C13H12BrNO/c1-16-11-4-2-3-9(7-11)10-5-6-12(14)13(15)8-10/h2-8H,15H2,1H3. The highest BCUT2D eigenvalue weighted by atomic mass is 79.9. The SMILES string of the molecule is COc1cccc(-c2ccc(Br)c(N)c2)c1. The first-order chi connectivity index (χ1) is 7.70. The first-order valence-corrected chi connectivity index (χ1v) is 5.69. The van der Waals surface area contributed by atoms with E-state index in [4.69, 9.17) is 10.5 Å². The third kappa shape index (κ3) is 2.19. The maximum absolute atomic E-state index is 5.85. The number of benzene rings is 2. The van der Waals surface area contributed by atoms with E-state index in [0.29, 0.717) is 0 Å².